The number of thiophene rings is 1. The lowest BCUT2D eigenvalue weighted by atomic mass is 10.3. The molecule has 0 aliphatic heterocycles. The highest BCUT2D eigenvalue weighted by Gasteiger charge is 2.29. The van der Waals surface area contributed by atoms with E-state index in [9.17, 15) is 22.9 Å². The second kappa shape index (κ2) is 5.65. The van der Waals surface area contributed by atoms with Gasteiger partial charge in [0.2, 0.25) is 15.8 Å². The Balaban J connectivity index is 2.34. The van der Waals surface area contributed by atoms with Crippen LogP contribution in [0, 0.1) is 15.9 Å². The third-order valence-electron chi connectivity index (χ3n) is 2.47. The molecule has 20 heavy (non-hydrogen) atoms. The fraction of sp³-hybridized carbons (Fsp3) is 0.0909. The van der Waals surface area contributed by atoms with Crippen molar-refractivity contribution in [1.29, 1.82) is 0 Å². The molecule has 0 spiro atoms. The number of benzene rings is 1. The summed E-state index contributed by atoms with van der Waals surface area (Å²) in [5.74, 6) is -1.19. The molecule has 0 fully saturated rings. The molecule has 0 amide bonds. The topological polar surface area (TPSA) is 89.3 Å². The first-order valence-electron chi connectivity index (χ1n) is 5.35. The summed E-state index contributed by atoms with van der Waals surface area (Å²) >= 11 is 1.39. The van der Waals surface area contributed by atoms with Gasteiger partial charge in [0.15, 0.2) is 4.90 Å². The van der Waals surface area contributed by atoms with Crippen molar-refractivity contribution in [3.05, 3.63) is 56.5 Å². The molecule has 0 atom stereocenters. The van der Waals surface area contributed by atoms with Crippen molar-refractivity contribution in [3.8, 4) is 0 Å². The van der Waals surface area contributed by atoms with E-state index < -0.39 is 31.3 Å². The van der Waals surface area contributed by atoms with Gasteiger partial charge >= 0.3 is 5.69 Å². The predicted octanol–water partition coefficient (Wildman–Crippen LogP) is 2.27. The van der Waals surface area contributed by atoms with Crippen LogP contribution in [0.3, 0.4) is 0 Å². The maximum atomic E-state index is 13.4. The lowest BCUT2D eigenvalue weighted by Gasteiger charge is -2.06. The van der Waals surface area contributed by atoms with Crippen LogP contribution in [0.1, 0.15) is 5.56 Å². The fourth-order valence-corrected chi connectivity index (χ4v) is 3.40. The van der Waals surface area contributed by atoms with Gasteiger partial charge in [-0.1, -0.05) is 6.07 Å². The summed E-state index contributed by atoms with van der Waals surface area (Å²) in [6.45, 7) is -0.0144. The number of nitro benzene ring substituents is 1. The zero-order valence-electron chi connectivity index (χ0n) is 9.95. The normalized spacial score (nSPS) is 11.4. The van der Waals surface area contributed by atoms with Crippen molar-refractivity contribution in [3.63, 3.8) is 0 Å². The number of hydrogen-bond donors (Lipinski definition) is 1. The first-order valence-corrected chi connectivity index (χ1v) is 7.78. The molecule has 0 aliphatic rings. The molecule has 0 bridgehead atoms. The summed E-state index contributed by atoms with van der Waals surface area (Å²) < 4.78 is 39.7. The molecule has 0 saturated carbocycles. The smallest absolute Gasteiger partial charge is 0.258 e. The molecule has 1 aromatic heterocycles. The number of halogens is 1. The number of sulfonamides is 1. The van der Waals surface area contributed by atoms with Gasteiger partial charge in [0, 0.05) is 6.54 Å². The average molecular weight is 316 g/mol. The molecule has 1 N–H and O–H groups in total. The first-order chi connectivity index (χ1) is 9.42. The molecular formula is C11H9FN2O4S2. The van der Waals surface area contributed by atoms with Crippen molar-refractivity contribution in [2.24, 2.45) is 0 Å². The van der Waals surface area contributed by atoms with Gasteiger partial charge < -0.3 is 0 Å². The zero-order valence-corrected chi connectivity index (χ0v) is 11.6. The Bertz CT molecular complexity index is 729. The van der Waals surface area contributed by atoms with E-state index in [-0.39, 0.29) is 6.54 Å². The standard InChI is InChI=1S/C11H9FN2O4S2/c12-9-2-1-3-10(11(9)14(15)16)20(17,18)13-6-8-4-5-19-7-8/h1-5,7,13H,6H2. The lowest BCUT2D eigenvalue weighted by Crippen LogP contribution is -2.24. The molecule has 1 heterocycles. The number of rotatable bonds is 5. The molecule has 9 heteroatoms. The van der Waals surface area contributed by atoms with E-state index in [1.807, 2.05) is 0 Å². The Morgan fingerprint density at radius 3 is 2.70 bits per heavy atom. The molecule has 0 radical (unpaired) electrons. The van der Waals surface area contributed by atoms with E-state index in [4.69, 9.17) is 0 Å². The van der Waals surface area contributed by atoms with Crippen LogP contribution in [0.5, 0.6) is 0 Å². The third kappa shape index (κ3) is 3.00. The van der Waals surface area contributed by atoms with Crippen LogP contribution in [-0.2, 0) is 16.6 Å². The number of hydrogen-bond acceptors (Lipinski definition) is 5. The number of nitrogens with zero attached hydrogens (tertiary/aromatic N) is 1. The second-order valence-electron chi connectivity index (χ2n) is 3.80. The highest BCUT2D eigenvalue weighted by molar-refractivity contribution is 7.89. The number of nitrogens with one attached hydrogen (secondary N) is 1. The largest absolute Gasteiger partial charge is 0.324 e. The fourth-order valence-electron chi connectivity index (χ4n) is 1.54. The minimum absolute atomic E-state index is 0.0144. The molecule has 0 saturated heterocycles. The highest BCUT2D eigenvalue weighted by Crippen LogP contribution is 2.26. The molecule has 2 aromatic rings. The van der Waals surface area contributed by atoms with Crippen LogP contribution < -0.4 is 4.72 Å². The number of nitro groups is 1. The molecular weight excluding hydrogens is 307 g/mol. The summed E-state index contributed by atoms with van der Waals surface area (Å²) in [5, 5.41) is 14.3. The zero-order chi connectivity index (χ0) is 14.8. The maximum absolute atomic E-state index is 13.4. The van der Waals surface area contributed by atoms with E-state index in [1.54, 1.807) is 16.8 Å². The molecule has 0 unspecified atom stereocenters. The maximum Gasteiger partial charge on any atom is 0.324 e. The van der Waals surface area contributed by atoms with Crippen molar-refractivity contribution in [1.82, 2.24) is 4.72 Å². The molecule has 2 rings (SSSR count). The van der Waals surface area contributed by atoms with E-state index >= 15 is 0 Å². The first kappa shape index (κ1) is 14.6. The Morgan fingerprint density at radius 1 is 1.35 bits per heavy atom. The average Bonchev–Trinajstić information content (AvgIpc) is 2.89. The van der Waals surface area contributed by atoms with Gasteiger partial charge in [-0.15, -0.1) is 0 Å². The van der Waals surface area contributed by atoms with Crippen LogP contribution in [0.2, 0.25) is 0 Å². The van der Waals surface area contributed by atoms with Gasteiger partial charge in [-0.25, -0.2) is 13.1 Å². The third-order valence-corrected chi connectivity index (χ3v) is 4.63. The van der Waals surface area contributed by atoms with Crippen LogP contribution in [0.15, 0.2) is 39.9 Å². The Hall–Kier alpha value is -1.84. The summed E-state index contributed by atoms with van der Waals surface area (Å²) in [6, 6.07) is 4.67. The van der Waals surface area contributed by atoms with Crippen LogP contribution in [0.4, 0.5) is 10.1 Å². The van der Waals surface area contributed by atoms with Crippen LogP contribution >= 0.6 is 11.3 Å². The van der Waals surface area contributed by atoms with E-state index in [1.165, 1.54) is 11.3 Å². The number of para-hydroxylation sites is 1. The Labute approximate surface area is 118 Å². The summed E-state index contributed by atoms with van der Waals surface area (Å²) in [6.07, 6.45) is 0. The van der Waals surface area contributed by atoms with Gasteiger partial charge in [-0.05, 0) is 34.5 Å². The van der Waals surface area contributed by atoms with Gasteiger partial charge in [-0.2, -0.15) is 15.7 Å². The molecule has 1 aromatic carbocycles. The van der Waals surface area contributed by atoms with Gasteiger partial charge in [0.05, 0.1) is 4.92 Å². The summed E-state index contributed by atoms with van der Waals surface area (Å²) in [4.78, 5) is 9.07. The Kier molecular flexibility index (Phi) is 4.12. The Morgan fingerprint density at radius 2 is 2.10 bits per heavy atom. The minimum Gasteiger partial charge on any atom is -0.258 e. The summed E-state index contributed by atoms with van der Waals surface area (Å²) in [5.41, 5.74) is -0.331. The van der Waals surface area contributed by atoms with Crippen molar-refractivity contribution >= 4 is 27.0 Å². The van der Waals surface area contributed by atoms with E-state index in [0.29, 0.717) is 0 Å². The van der Waals surface area contributed by atoms with Gasteiger partial charge in [-0.3, -0.25) is 10.1 Å². The van der Waals surface area contributed by atoms with E-state index in [0.717, 1.165) is 23.8 Å². The van der Waals surface area contributed by atoms with Crippen molar-refractivity contribution < 1.29 is 17.7 Å². The highest BCUT2D eigenvalue weighted by atomic mass is 32.2. The lowest BCUT2D eigenvalue weighted by molar-refractivity contribution is -0.390. The van der Waals surface area contributed by atoms with Crippen LogP contribution in [-0.4, -0.2) is 13.3 Å². The van der Waals surface area contributed by atoms with Gasteiger partial charge in [0.25, 0.3) is 0 Å². The van der Waals surface area contributed by atoms with Crippen molar-refractivity contribution in [2.45, 2.75) is 11.4 Å². The minimum atomic E-state index is -4.16. The molecule has 6 nitrogen and oxygen atoms in total. The van der Waals surface area contributed by atoms with E-state index in [2.05, 4.69) is 4.72 Å². The molecule has 106 valence electrons. The predicted molar refractivity (Wildman–Crippen MR) is 71.4 cm³/mol. The SMILES string of the molecule is O=[N+]([O-])c1c(F)cccc1S(=O)(=O)NCc1ccsc1. The van der Waals surface area contributed by atoms with Crippen molar-refractivity contribution in [2.75, 3.05) is 0 Å². The van der Waals surface area contributed by atoms with Gasteiger partial charge in [0.1, 0.15) is 0 Å². The summed E-state index contributed by atoms with van der Waals surface area (Å²) in [7, 11) is -4.16. The molecule has 0 aliphatic carbocycles. The monoisotopic (exact) mass is 316 g/mol. The van der Waals surface area contributed by atoms with Crippen LogP contribution in [0.25, 0.3) is 0 Å². The second-order valence-corrected chi connectivity index (χ2v) is 6.32. The quantitative estimate of drug-likeness (QED) is 0.677.